The van der Waals surface area contributed by atoms with E-state index in [9.17, 15) is 0 Å². The van der Waals surface area contributed by atoms with Crippen LogP contribution in [0.5, 0.6) is 0 Å². The van der Waals surface area contributed by atoms with E-state index >= 15 is 0 Å². The zero-order valence-corrected chi connectivity index (χ0v) is 11.4. The summed E-state index contributed by atoms with van der Waals surface area (Å²) in [5.74, 6) is 0.823. The molecule has 0 bridgehead atoms. The summed E-state index contributed by atoms with van der Waals surface area (Å²) in [6, 6.07) is 0. The first-order valence-electron chi connectivity index (χ1n) is 6.43. The van der Waals surface area contributed by atoms with Crippen LogP contribution in [0, 0.1) is 11.3 Å². The summed E-state index contributed by atoms with van der Waals surface area (Å²) in [5, 5.41) is 3.62. The van der Waals surface area contributed by atoms with Crippen LogP contribution in [0.3, 0.4) is 0 Å². The molecular formula is C13H28N2O. The minimum atomic E-state index is 0.356. The molecule has 0 aromatic heterocycles. The Balaban J connectivity index is 2.13. The molecule has 1 rings (SSSR count). The van der Waals surface area contributed by atoms with Gasteiger partial charge < -0.3 is 15.0 Å². The summed E-state index contributed by atoms with van der Waals surface area (Å²) in [4.78, 5) is 2.26. The molecule has 1 N–H and O–H groups in total. The van der Waals surface area contributed by atoms with E-state index < -0.39 is 0 Å². The lowest BCUT2D eigenvalue weighted by molar-refractivity contribution is 0.0653. The highest BCUT2D eigenvalue weighted by atomic mass is 16.5. The maximum absolute atomic E-state index is 5.37. The molecule has 0 aromatic carbocycles. The molecule has 1 heterocycles. The van der Waals surface area contributed by atoms with Crippen molar-refractivity contribution in [2.45, 2.75) is 26.7 Å². The summed E-state index contributed by atoms with van der Waals surface area (Å²) in [6.07, 6.45) is 2.45. The van der Waals surface area contributed by atoms with Crippen molar-refractivity contribution in [1.29, 1.82) is 0 Å². The summed E-state index contributed by atoms with van der Waals surface area (Å²) >= 11 is 0. The van der Waals surface area contributed by atoms with Crippen molar-refractivity contribution in [2.24, 2.45) is 11.3 Å². The Kier molecular flexibility index (Phi) is 5.73. The standard InChI is InChI=1S/C13H28N2O/c1-13(2,11-15(3)4)10-14-9-12-5-7-16-8-6-12/h12,14H,5-11H2,1-4H3. The molecule has 1 fully saturated rings. The number of nitrogens with zero attached hydrogens (tertiary/aromatic N) is 1. The van der Waals surface area contributed by atoms with Gasteiger partial charge in [0.15, 0.2) is 0 Å². The zero-order valence-electron chi connectivity index (χ0n) is 11.4. The van der Waals surface area contributed by atoms with Gasteiger partial charge in [0, 0.05) is 26.3 Å². The molecule has 0 saturated carbocycles. The molecular weight excluding hydrogens is 200 g/mol. The van der Waals surface area contributed by atoms with E-state index in [0.717, 1.165) is 38.8 Å². The molecule has 0 radical (unpaired) electrons. The second-order valence-corrected chi connectivity index (χ2v) is 6.09. The topological polar surface area (TPSA) is 24.5 Å². The first-order chi connectivity index (χ1) is 7.49. The van der Waals surface area contributed by atoms with E-state index in [1.54, 1.807) is 0 Å². The Bertz CT molecular complexity index is 186. The second-order valence-electron chi connectivity index (χ2n) is 6.09. The number of ether oxygens (including phenoxy) is 1. The summed E-state index contributed by atoms with van der Waals surface area (Å²) in [6.45, 7) is 9.94. The van der Waals surface area contributed by atoms with Gasteiger partial charge >= 0.3 is 0 Å². The molecule has 1 aliphatic rings. The van der Waals surface area contributed by atoms with E-state index in [4.69, 9.17) is 4.74 Å². The van der Waals surface area contributed by atoms with Crippen LogP contribution in [0.4, 0.5) is 0 Å². The molecule has 0 amide bonds. The Morgan fingerprint density at radius 2 is 1.88 bits per heavy atom. The van der Waals surface area contributed by atoms with E-state index in [2.05, 4.69) is 38.2 Å². The fourth-order valence-electron chi connectivity index (χ4n) is 2.48. The Morgan fingerprint density at radius 1 is 1.25 bits per heavy atom. The van der Waals surface area contributed by atoms with Crippen molar-refractivity contribution >= 4 is 0 Å². The van der Waals surface area contributed by atoms with Gasteiger partial charge in [-0.1, -0.05) is 13.8 Å². The second kappa shape index (κ2) is 6.58. The molecule has 0 aromatic rings. The Hall–Kier alpha value is -0.120. The molecule has 96 valence electrons. The van der Waals surface area contributed by atoms with Crippen molar-refractivity contribution in [1.82, 2.24) is 10.2 Å². The lowest BCUT2D eigenvalue weighted by Gasteiger charge is -2.30. The third-order valence-electron chi connectivity index (χ3n) is 3.12. The SMILES string of the molecule is CN(C)CC(C)(C)CNCC1CCOCC1. The van der Waals surface area contributed by atoms with Crippen molar-refractivity contribution < 1.29 is 4.74 Å². The normalized spacial score (nSPS) is 19.3. The van der Waals surface area contributed by atoms with Crippen LogP contribution in [0.1, 0.15) is 26.7 Å². The first-order valence-corrected chi connectivity index (χ1v) is 6.43. The van der Waals surface area contributed by atoms with E-state index in [1.807, 2.05) is 0 Å². The maximum atomic E-state index is 5.37. The van der Waals surface area contributed by atoms with E-state index in [1.165, 1.54) is 12.8 Å². The lowest BCUT2D eigenvalue weighted by Crippen LogP contribution is -2.39. The largest absolute Gasteiger partial charge is 0.381 e. The van der Waals surface area contributed by atoms with Gasteiger partial charge in [0.05, 0.1) is 0 Å². The zero-order chi connectivity index (χ0) is 12.0. The van der Waals surface area contributed by atoms with Crippen molar-refractivity contribution in [2.75, 3.05) is 46.9 Å². The van der Waals surface area contributed by atoms with Crippen LogP contribution in [-0.4, -0.2) is 51.8 Å². The maximum Gasteiger partial charge on any atom is 0.0469 e. The molecule has 3 nitrogen and oxygen atoms in total. The average molecular weight is 228 g/mol. The van der Waals surface area contributed by atoms with Crippen molar-refractivity contribution in [3.63, 3.8) is 0 Å². The molecule has 1 aliphatic heterocycles. The summed E-state index contributed by atoms with van der Waals surface area (Å²) in [5.41, 5.74) is 0.356. The molecule has 0 aliphatic carbocycles. The van der Waals surface area contributed by atoms with Crippen LogP contribution in [0.2, 0.25) is 0 Å². The van der Waals surface area contributed by atoms with Gasteiger partial charge in [-0.2, -0.15) is 0 Å². The highest BCUT2D eigenvalue weighted by molar-refractivity contribution is 4.75. The number of nitrogens with one attached hydrogen (secondary N) is 1. The third kappa shape index (κ3) is 5.83. The number of rotatable bonds is 6. The highest BCUT2D eigenvalue weighted by Crippen LogP contribution is 2.16. The van der Waals surface area contributed by atoms with Crippen molar-refractivity contribution in [3.05, 3.63) is 0 Å². The Morgan fingerprint density at radius 3 is 2.44 bits per heavy atom. The predicted octanol–water partition coefficient (Wildman–Crippen LogP) is 1.59. The van der Waals surface area contributed by atoms with Crippen LogP contribution in [0.25, 0.3) is 0 Å². The van der Waals surface area contributed by atoms with E-state index in [0.29, 0.717) is 5.41 Å². The van der Waals surface area contributed by atoms with Gasteiger partial charge in [-0.25, -0.2) is 0 Å². The minimum Gasteiger partial charge on any atom is -0.381 e. The van der Waals surface area contributed by atoms with E-state index in [-0.39, 0.29) is 0 Å². The molecule has 16 heavy (non-hydrogen) atoms. The minimum absolute atomic E-state index is 0.356. The Labute approximate surface area is 101 Å². The molecule has 0 atom stereocenters. The van der Waals surface area contributed by atoms with Gasteiger partial charge in [-0.3, -0.25) is 0 Å². The quantitative estimate of drug-likeness (QED) is 0.747. The predicted molar refractivity (Wildman–Crippen MR) is 68.7 cm³/mol. The van der Waals surface area contributed by atoms with Gasteiger partial charge in [-0.05, 0) is 44.8 Å². The third-order valence-corrected chi connectivity index (χ3v) is 3.12. The van der Waals surface area contributed by atoms with Gasteiger partial charge in [-0.15, -0.1) is 0 Å². The van der Waals surface area contributed by atoms with Crippen LogP contribution < -0.4 is 5.32 Å². The molecule has 1 saturated heterocycles. The van der Waals surface area contributed by atoms with Crippen LogP contribution >= 0.6 is 0 Å². The summed E-state index contributed by atoms with van der Waals surface area (Å²) < 4.78 is 5.37. The van der Waals surface area contributed by atoms with Gasteiger partial charge in [0.1, 0.15) is 0 Å². The highest BCUT2D eigenvalue weighted by Gasteiger charge is 2.19. The number of hydrogen-bond donors (Lipinski definition) is 1. The van der Waals surface area contributed by atoms with Crippen molar-refractivity contribution in [3.8, 4) is 0 Å². The van der Waals surface area contributed by atoms with Crippen LogP contribution in [0.15, 0.2) is 0 Å². The van der Waals surface area contributed by atoms with Crippen LogP contribution in [-0.2, 0) is 4.74 Å². The lowest BCUT2D eigenvalue weighted by atomic mass is 9.92. The first kappa shape index (κ1) is 13.9. The number of hydrogen-bond acceptors (Lipinski definition) is 3. The molecule has 0 spiro atoms. The fraction of sp³-hybridized carbons (Fsp3) is 1.00. The molecule has 3 heteroatoms. The molecule has 0 unspecified atom stereocenters. The summed E-state index contributed by atoms with van der Waals surface area (Å²) in [7, 11) is 4.28. The monoisotopic (exact) mass is 228 g/mol. The van der Waals surface area contributed by atoms with Gasteiger partial charge in [0.25, 0.3) is 0 Å². The smallest absolute Gasteiger partial charge is 0.0469 e. The van der Waals surface area contributed by atoms with Gasteiger partial charge in [0.2, 0.25) is 0 Å². The average Bonchev–Trinajstić information content (AvgIpc) is 2.16. The fourth-order valence-corrected chi connectivity index (χ4v) is 2.48.